The Bertz CT molecular complexity index is 335. The molecule has 5 heteroatoms. The maximum absolute atomic E-state index is 11.8. The molecule has 0 amide bonds. The lowest BCUT2D eigenvalue weighted by atomic mass is 10.1. The van der Waals surface area contributed by atoms with Crippen molar-refractivity contribution in [2.24, 2.45) is 5.41 Å². The zero-order valence-corrected chi connectivity index (χ0v) is 12.8. The number of rotatable bonds is 10. The second kappa shape index (κ2) is 6.87. The van der Waals surface area contributed by atoms with Gasteiger partial charge in [-0.15, -0.1) is 0 Å². The molecular formula is C13H28N2O2S. The highest BCUT2D eigenvalue weighted by Gasteiger charge is 2.40. The minimum atomic E-state index is -3.06. The number of sulfonamides is 1. The Labute approximate surface area is 112 Å². The van der Waals surface area contributed by atoms with Crippen LogP contribution < -0.4 is 10.0 Å². The molecule has 1 aliphatic rings. The van der Waals surface area contributed by atoms with E-state index in [9.17, 15) is 8.42 Å². The molecule has 0 saturated heterocycles. The SMILES string of the molecule is CCC1(CNS(=O)(=O)CCCCNC(C)C)CC1. The summed E-state index contributed by atoms with van der Waals surface area (Å²) in [6.07, 6.45) is 5.06. The maximum Gasteiger partial charge on any atom is 0.211 e. The Morgan fingerprint density at radius 3 is 2.39 bits per heavy atom. The molecule has 0 aromatic heterocycles. The van der Waals surface area contributed by atoms with Crippen molar-refractivity contribution in [2.75, 3.05) is 18.8 Å². The summed E-state index contributed by atoms with van der Waals surface area (Å²) in [5.74, 6) is 0.257. The van der Waals surface area contributed by atoms with Crippen LogP contribution in [0.15, 0.2) is 0 Å². The summed E-state index contributed by atoms with van der Waals surface area (Å²) in [6, 6.07) is 0.471. The minimum Gasteiger partial charge on any atom is -0.315 e. The van der Waals surface area contributed by atoms with Gasteiger partial charge in [-0.1, -0.05) is 20.8 Å². The number of hydrogen-bond acceptors (Lipinski definition) is 3. The van der Waals surface area contributed by atoms with Crippen molar-refractivity contribution in [3.63, 3.8) is 0 Å². The van der Waals surface area contributed by atoms with E-state index in [1.165, 1.54) is 12.8 Å². The monoisotopic (exact) mass is 276 g/mol. The van der Waals surface area contributed by atoms with Crippen molar-refractivity contribution in [1.82, 2.24) is 10.0 Å². The van der Waals surface area contributed by atoms with Gasteiger partial charge in [0.15, 0.2) is 0 Å². The van der Waals surface area contributed by atoms with Crippen LogP contribution in [0.2, 0.25) is 0 Å². The molecule has 4 nitrogen and oxygen atoms in total. The Morgan fingerprint density at radius 2 is 1.89 bits per heavy atom. The normalized spacial score (nSPS) is 18.2. The fraction of sp³-hybridized carbons (Fsp3) is 1.00. The highest BCUT2D eigenvalue weighted by Crippen LogP contribution is 2.47. The van der Waals surface area contributed by atoms with Crippen molar-refractivity contribution in [1.29, 1.82) is 0 Å². The highest BCUT2D eigenvalue weighted by molar-refractivity contribution is 7.89. The second-order valence-corrected chi connectivity index (χ2v) is 7.74. The first-order valence-corrected chi connectivity index (χ1v) is 8.75. The number of unbranched alkanes of at least 4 members (excludes halogenated alkanes) is 1. The topological polar surface area (TPSA) is 58.2 Å². The van der Waals surface area contributed by atoms with Crippen molar-refractivity contribution in [3.05, 3.63) is 0 Å². The molecule has 0 aromatic carbocycles. The fourth-order valence-electron chi connectivity index (χ4n) is 1.98. The van der Waals surface area contributed by atoms with Gasteiger partial charge in [-0.2, -0.15) is 0 Å². The van der Waals surface area contributed by atoms with Crippen LogP contribution in [0, 0.1) is 5.41 Å². The number of nitrogens with one attached hydrogen (secondary N) is 2. The van der Waals surface area contributed by atoms with Gasteiger partial charge in [0.1, 0.15) is 0 Å². The molecule has 0 aromatic rings. The summed E-state index contributed by atoms with van der Waals surface area (Å²) in [5, 5.41) is 3.29. The van der Waals surface area contributed by atoms with Crippen molar-refractivity contribution < 1.29 is 8.42 Å². The van der Waals surface area contributed by atoms with Gasteiger partial charge in [-0.05, 0) is 44.1 Å². The molecular weight excluding hydrogens is 248 g/mol. The third kappa shape index (κ3) is 6.16. The van der Waals surface area contributed by atoms with E-state index in [1.807, 2.05) is 0 Å². The average Bonchev–Trinajstić information content (AvgIpc) is 3.06. The van der Waals surface area contributed by atoms with Crippen molar-refractivity contribution >= 4 is 10.0 Å². The summed E-state index contributed by atoms with van der Waals surface area (Å²) < 4.78 is 26.3. The lowest BCUT2D eigenvalue weighted by molar-refractivity contribution is 0.474. The Kier molecular flexibility index (Phi) is 6.08. The van der Waals surface area contributed by atoms with Crippen molar-refractivity contribution in [2.45, 2.75) is 58.9 Å². The summed E-state index contributed by atoms with van der Waals surface area (Å²) >= 11 is 0. The van der Waals surface area contributed by atoms with Gasteiger partial charge in [0.2, 0.25) is 10.0 Å². The van der Waals surface area contributed by atoms with E-state index in [2.05, 4.69) is 30.8 Å². The minimum absolute atomic E-state index is 0.257. The third-order valence-corrected chi connectivity index (χ3v) is 5.18. The van der Waals surface area contributed by atoms with Crippen LogP contribution in [0.3, 0.4) is 0 Å². The Morgan fingerprint density at radius 1 is 1.22 bits per heavy atom. The highest BCUT2D eigenvalue weighted by atomic mass is 32.2. The molecule has 0 aliphatic heterocycles. The van der Waals surface area contributed by atoms with E-state index >= 15 is 0 Å². The molecule has 1 fully saturated rings. The van der Waals surface area contributed by atoms with E-state index in [0.29, 0.717) is 12.6 Å². The molecule has 0 bridgehead atoms. The van der Waals surface area contributed by atoms with Crippen LogP contribution >= 0.6 is 0 Å². The first-order chi connectivity index (χ1) is 8.39. The van der Waals surface area contributed by atoms with Gasteiger partial charge in [0.05, 0.1) is 5.75 Å². The van der Waals surface area contributed by atoms with Gasteiger partial charge in [-0.3, -0.25) is 0 Å². The van der Waals surface area contributed by atoms with Gasteiger partial charge >= 0.3 is 0 Å². The van der Waals surface area contributed by atoms with Crippen molar-refractivity contribution in [3.8, 4) is 0 Å². The molecule has 0 spiro atoms. The second-order valence-electron chi connectivity index (χ2n) is 5.81. The largest absolute Gasteiger partial charge is 0.315 e. The van der Waals surface area contributed by atoms with Crippen LogP contribution in [0.5, 0.6) is 0 Å². The first-order valence-electron chi connectivity index (χ1n) is 7.10. The van der Waals surface area contributed by atoms with Crippen LogP contribution in [0.1, 0.15) is 52.9 Å². The molecule has 1 aliphatic carbocycles. The number of hydrogen-bond donors (Lipinski definition) is 2. The first kappa shape index (κ1) is 15.9. The summed E-state index contributed by atoms with van der Waals surface area (Å²) in [5.41, 5.74) is 0.284. The van der Waals surface area contributed by atoms with E-state index in [-0.39, 0.29) is 11.2 Å². The Balaban J connectivity index is 2.12. The van der Waals surface area contributed by atoms with Gasteiger partial charge < -0.3 is 5.32 Å². The fourth-order valence-corrected chi connectivity index (χ4v) is 3.23. The standard InChI is InChI=1S/C13H28N2O2S/c1-4-13(7-8-13)11-15-18(16,17)10-6-5-9-14-12(2)3/h12,14-15H,4-11H2,1-3H3. The predicted molar refractivity (Wildman–Crippen MR) is 76.1 cm³/mol. The molecule has 108 valence electrons. The lowest BCUT2D eigenvalue weighted by Gasteiger charge is -2.14. The third-order valence-electron chi connectivity index (χ3n) is 3.77. The summed E-state index contributed by atoms with van der Waals surface area (Å²) in [6.45, 7) is 7.86. The van der Waals surface area contributed by atoms with E-state index < -0.39 is 10.0 Å². The molecule has 2 N–H and O–H groups in total. The summed E-state index contributed by atoms with van der Waals surface area (Å²) in [7, 11) is -3.06. The predicted octanol–water partition coefficient (Wildman–Crippen LogP) is 1.87. The van der Waals surface area contributed by atoms with E-state index in [1.54, 1.807) is 0 Å². The zero-order chi connectivity index (χ0) is 13.6. The van der Waals surface area contributed by atoms with Crippen LogP contribution in [0.4, 0.5) is 0 Å². The molecule has 0 radical (unpaired) electrons. The van der Waals surface area contributed by atoms with Crippen LogP contribution in [-0.2, 0) is 10.0 Å². The van der Waals surface area contributed by atoms with Crippen LogP contribution in [-0.4, -0.2) is 33.3 Å². The smallest absolute Gasteiger partial charge is 0.211 e. The molecule has 0 heterocycles. The molecule has 0 atom stereocenters. The maximum atomic E-state index is 11.8. The van der Waals surface area contributed by atoms with E-state index in [4.69, 9.17) is 0 Å². The van der Waals surface area contributed by atoms with E-state index in [0.717, 1.165) is 25.8 Å². The van der Waals surface area contributed by atoms with Gasteiger partial charge in [-0.25, -0.2) is 13.1 Å². The van der Waals surface area contributed by atoms with Gasteiger partial charge in [0, 0.05) is 12.6 Å². The van der Waals surface area contributed by atoms with Gasteiger partial charge in [0.25, 0.3) is 0 Å². The summed E-state index contributed by atoms with van der Waals surface area (Å²) in [4.78, 5) is 0. The lowest BCUT2D eigenvalue weighted by Crippen LogP contribution is -2.32. The molecule has 18 heavy (non-hydrogen) atoms. The molecule has 0 unspecified atom stereocenters. The quantitative estimate of drug-likeness (QED) is 0.599. The average molecular weight is 276 g/mol. The Hall–Kier alpha value is -0.130. The molecule has 1 rings (SSSR count). The van der Waals surface area contributed by atoms with Crippen LogP contribution in [0.25, 0.3) is 0 Å². The molecule has 1 saturated carbocycles. The zero-order valence-electron chi connectivity index (χ0n) is 12.0.